The first-order valence-corrected chi connectivity index (χ1v) is 11.0. The molecular weight excluding hydrogens is 474 g/mol. The summed E-state index contributed by atoms with van der Waals surface area (Å²) in [5.74, 6) is -1.86. The van der Waals surface area contributed by atoms with Crippen LogP contribution in [0.2, 0.25) is 0 Å². The summed E-state index contributed by atoms with van der Waals surface area (Å²) < 4.78 is 13.2. The Morgan fingerprint density at radius 1 is 1.19 bits per heavy atom. The van der Waals surface area contributed by atoms with Gasteiger partial charge in [-0.2, -0.15) is 5.10 Å². The number of hydrogen-bond acceptors (Lipinski definition) is 8. The predicted molar refractivity (Wildman–Crippen MR) is 127 cm³/mol. The van der Waals surface area contributed by atoms with Crippen molar-refractivity contribution in [2.24, 2.45) is 5.73 Å². The number of benzene rings is 1. The molecule has 1 aromatic carbocycles. The Labute approximate surface area is 205 Å². The number of methoxy groups -OCH3 is 1. The molecule has 0 fully saturated rings. The van der Waals surface area contributed by atoms with Gasteiger partial charge in [0.1, 0.15) is 17.0 Å². The minimum atomic E-state index is -1.27. The van der Waals surface area contributed by atoms with Crippen LogP contribution in [0.5, 0.6) is 5.75 Å². The van der Waals surface area contributed by atoms with Gasteiger partial charge in [-0.15, -0.1) is 0 Å². The molecule has 0 aliphatic rings. The summed E-state index contributed by atoms with van der Waals surface area (Å²) in [6.45, 7) is 3.80. The zero-order valence-corrected chi connectivity index (χ0v) is 20.0. The van der Waals surface area contributed by atoms with Gasteiger partial charge in [0.15, 0.2) is 6.61 Å². The number of imidazole rings is 1. The summed E-state index contributed by atoms with van der Waals surface area (Å²) in [4.78, 5) is 51.4. The Bertz CT molecular complexity index is 1310. The quantitative estimate of drug-likeness (QED) is 0.279. The molecule has 2 heterocycles. The molecule has 192 valence electrons. The second-order valence-electron chi connectivity index (χ2n) is 7.69. The number of aromatic nitrogens is 4. The average molecular weight is 502 g/mol. The van der Waals surface area contributed by atoms with E-state index < -0.39 is 30.5 Å². The second kappa shape index (κ2) is 11.2. The van der Waals surface area contributed by atoms with Crippen LogP contribution in [0.4, 0.5) is 10.7 Å². The molecule has 3 amide bonds. The second-order valence-corrected chi connectivity index (χ2v) is 7.69. The maximum atomic E-state index is 13.1. The van der Waals surface area contributed by atoms with Crippen LogP contribution in [0.3, 0.4) is 0 Å². The number of ether oxygens (including phenoxy) is 2. The standard InChI is InChI=1S/C22H27N7O7/c1-4-29-15(8-12(2)27-29)20(33)26-21-25-14-9-13(19(23)32)10-16(35-3)18(14)28(21)7-5-6-24-22(34)36-11-17(30)31/h8-10H,4-7,11H2,1-3H3,(H2,23,32)(H,24,34)(H,30,31)(H,25,26,33). The van der Waals surface area contributed by atoms with Gasteiger partial charge in [-0.25, -0.2) is 14.6 Å². The molecule has 3 rings (SSSR count). The number of amides is 3. The number of aliphatic carboxylic acids is 1. The van der Waals surface area contributed by atoms with E-state index in [1.807, 2.05) is 6.92 Å². The minimum absolute atomic E-state index is 0.148. The van der Waals surface area contributed by atoms with E-state index in [4.69, 9.17) is 15.6 Å². The van der Waals surface area contributed by atoms with E-state index in [9.17, 15) is 19.2 Å². The highest BCUT2D eigenvalue weighted by molar-refractivity contribution is 6.04. The van der Waals surface area contributed by atoms with Gasteiger partial charge >= 0.3 is 12.1 Å². The minimum Gasteiger partial charge on any atom is -0.494 e. The average Bonchev–Trinajstić information content (AvgIpc) is 3.39. The molecule has 0 aliphatic heterocycles. The smallest absolute Gasteiger partial charge is 0.407 e. The normalized spacial score (nSPS) is 10.8. The maximum Gasteiger partial charge on any atom is 0.407 e. The van der Waals surface area contributed by atoms with Gasteiger partial charge in [-0.05, 0) is 38.5 Å². The van der Waals surface area contributed by atoms with E-state index in [1.165, 1.54) is 19.2 Å². The molecule has 0 atom stereocenters. The molecule has 36 heavy (non-hydrogen) atoms. The third-order valence-electron chi connectivity index (χ3n) is 5.13. The van der Waals surface area contributed by atoms with Crippen molar-refractivity contribution in [3.8, 4) is 5.75 Å². The van der Waals surface area contributed by atoms with E-state index >= 15 is 0 Å². The molecule has 0 spiro atoms. The number of carboxylic acids is 1. The molecule has 14 heteroatoms. The first-order valence-electron chi connectivity index (χ1n) is 11.0. The first-order chi connectivity index (χ1) is 17.1. The number of anilines is 1. The first kappa shape index (κ1) is 26.0. The van der Waals surface area contributed by atoms with Crippen LogP contribution in [0.1, 0.15) is 39.9 Å². The van der Waals surface area contributed by atoms with Crippen LogP contribution in [0, 0.1) is 6.92 Å². The van der Waals surface area contributed by atoms with Crippen LogP contribution in [0.15, 0.2) is 18.2 Å². The van der Waals surface area contributed by atoms with Crippen molar-refractivity contribution in [2.75, 3.05) is 25.6 Å². The fraction of sp³-hybridized carbons (Fsp3) is 0.364. The van der Waals surface area contributed by atoms with Gasteiger partial charge in [-0.1, -0.05) is 0 Å². The van der Waals surface area contributed by atoms with E-state index in [2.05, 4.69) is 25.5 Å². The highest BCUT2D eigenvalue weighted by Crippen LogP contribution is 2.31. The number of nitrogens with two attached hydrogens (primary N) is 1. The number of aryl methyl sites for hydroxylation is 3. The summed E-state index contributed by atoms with van der Waals surface area (Å²) in [6.07, 6.45) is -0.503. The number of nitrogens with one attached hydrogen (secondary N) is 2. The molecule has 0 aliphatic carbocycles. The number of nitrogens with zero attached hydrogens (tertiary/aromatic N) is 4. The molecule has 0 radical (unpaired) electrons. The zero-order chi connectivity index (χ0) is 26.4. The maximum absolute atomic E-state index is 13.1. The number of primary amides is 1. The lowest BCUT2D eigenvalue weighted by atomic mass is 10.1. The Morgan fingerprint density at radius 2 is 1.94 bits per heavy atom. The lowest BCUT2D eigenvalue weighted by Gasteiger charge is -2.13. The fourth-order valence-corrected chi connectivity index (χ4v) is 3.58. The number of alkyl carbamates (subject to hydrolysis) is 1. The summed E-state index contributed by atoms with van der Waals surface area (Å²) in [6, 6.07) is 4.63. The molecule has 0 unspecified atom stereocenters. The van der Waals surface area contributed by atoms with Gasteiger partial charge < -0.3 is 30.2 Å². The summed E-state index contributed by atoms with van der Waals surface area (Å²) in [5, 5.41) is 18.1. The third-order valence-corrected chi connectivity index (χ3v) is 5.13. The van der Waals surface area contributed by atoms with E-state index in [0.717, 1.165) is 0 Å². The number of hydrogen-bond donors (Lipinski definition) is 4. The Balaban J connectivity index is 1.90. The Morgan fingerprint density at radius 3 is 2.58 bits per heavy atom. The van der Waals surface area contributed by atoms with Crippen molar-refractivity contribution in [2.45, 2.75) is 33.4 Å². The summed E-state index contributed by atoms with van der Waals surface area (Å²) >= 11 is 0. The fourth-order valence-electron chi connectivity index (χ4n) is 3.58. The summed E-state index contributed by atoms with van der Waals surface area (Å²) in [7, 11) is 1.43. The molecule has 2 aromatic heterocycles. The lowest BCUT2D eigenvalue weighted by molar-refractivity contribution is -0.140. The van der Waals surface area contributed by atoms with Crippen molar-refractivity contribution in [3.05, 3.63) is 35.2 Å². The SMILES string of the molecule is CCn1nc(C)cc1C(=O)Nc1nc2cc(C(N)=O)cc(OC)c2n1CCCNC(=O)OCC(=O)O. The van der Waals surface area contributed by atoms with Crippen molar-refractivity contribution in [1.29, 1.82) is 0 Å². The van der Waals surface area contributed by atoms with E-state index in [0.29, 0.717) is 41.1 Å². The highest BCUT2D eigenvalue weighted by atomic mass is 16.6. The van der Waals surface area contributed by atoms with Crippen molar-refractivity contribution < 1.29 is 33.8 Å². The van der Waals surface area contributed by atoms with Crippen molar-refractivity contribution in [3.63, 3.8) is 0 Å². The zero-order valence-electron chi connectivity index (χ0n) is 20.0. The number of rotatable bonds is 11. The van der Waals surface area contributed by atoms with Gasteiger partial charge in [0.2, 0.25) is 11.9 Å². The van der Waals surface area contributed by atoms with Gasteiger partial charge in [0.05, 0.1) is 18.3 Å². The van der Waals surface area contributed by atoms with Crippen LogP contribution in [-0.4, -0.2) is 68.6 Å². The molecule has 0 saturated heterocycles. The lowest BCUT2D eigenvalue weighted by Crippen LogP contribution is -2.28. The van der Waals surface area contributed by atoms with Crippen molar-refractivity contribution in [1.82, 2.24) is 24.6 Å². The number of carboxylic acid groups (broad SMARTS) is 1. The van der Waals surface area contributed by atoms with Crippen LogP contribution in [0.25, 0.3) is 11.0 Å². The molecule has 5 N–H and O–H groups in total. The largest absolute Gasteiger partial charge is 0.494 e. The van der Waals surface area contributed by atoms with E-state index in [-0.39, 0.29) is 24.6 Å². The van der Waals surface area contributed by atoms with Gasteiger partial charge in [0.25, 0.3) is 5.91 Å². The molecule has 0 saturated carbocycles. The molecule has 3 aromatic rings. The number of carbonyl (C=O) groups excluding carboxylic acids is 3. The van der Waals surface area contributed by atoms with Crippen LogP contribution in [-0.2, 0) is 22.6 Å². The molecule has 0 bridgehead atoms. The molecule has 14 nitrogen and oxygen atoms in total. The Kier molecular flexibility index (Phi) is 8.09. The number of carbonyl (C=O) groups is 4. The van der Waals surface area contributed by atoms with Gasteiger partial charge in [-0.3, -0.25) is 19.6 Å². The third kappa shape index (κ3) is 5.89. The van der Waals surface area contributed by atoms with E-state index in [1.54, 1.807) is 22.2 Å². The molecular formula is C22H27N7O7. The highest BCUT2D eigenvalue weighted by Gasteiger charge is 2.21. The van der Waals surface area contributed by atoms with Crippen LogP contribution >= 0.6 is 0 Å². The topological polar surface area (TPSA) is 193 Å². The monoisotopic (exact) mass is 501 g/mol. The number of fused-ring (bicyclic) bond motifs is 1. The van der Waals surface area contributed by atoms with Gasteiger partial charge in [0, 0.05) is 25.2 Å². The summed E-state index contributed by atoms with van der Waals surface area (Å²) in [5.41, 5.74) is 7.53. The van der Waals surface area contributed by atoms with Crippen LogP contribution < -0.4 is 21.1 Å². The predicted octanol–water partition coefficient (Wildman–Crippen LogP) is 1.12. The Hall–Kier alpha value is -4.62. The van der Waals surface area contributed by atoms with Crippen molar-refractivity contribution >= 4 is 40.9 Å².